The van der Waals surface area contributed by atoms with E-state index in [9.17, 15) is 9.90 Å². The molecule has 0 aliphatic heterocycles. The molecule has 4 nitrogen and oxygen atoms in total. The maximum absolute atomic E-state index is 10.8. The van der Waals surface area contributed by atoms with Crippen molar-refractivity contribution in [1.82, 2.24) is 0 Å². The zero-order valence-corrected chi connectivity index (χ0v) is 11.3. The normalized spacial score (nSPS) is 13.4. The van der Waals surface area contributed by atoms with Gasteiger partial charge in [-0.2, -0.15) is 0 Å². The van der Waals surface area contributed by atoms with E-state index in [-0.39, 0.29) is 17.6 Å². The Morgan fingerprint density at radius 1 is 1.39 bits per heavy atom. The molecule has 0 radical (unpaired) electrons. The average Bonchev–Trinajstić information content (AvgIpc) is 2.21. The van der Waals surface area contributed by atoms with Crippen LogP contribution in [0, 0.1) is 6.92 Å². The zero-order chi connectivity index (χ0) is 14.1. The number of nitrogens with two attached hydrogens (primary N) is 1. The summed E-state index contributed by atoms with van der Waals surface area (Å²) < 4.78 is 0. The lowest BCUT2D eigenvalue weighted by Crippen LogP contribution is -2.32. The van der Waals surface area contributed by atoms with Crippen LogP contribution < -0.4 is 5.73 Å². The molecule has 0 aromatic heterocycles. The van der Waals surface area contributed by atoms with Crippen molar-refractivity contribution >= 4 is 5.97 Å². The maximum Gasteiger partial charge on any atom is 0.320 e. The van der Waals surface area contributed by atoms with Crippen molar-refractivity contribution in [2.75, 3.05) is 0 Å². The van der Waals surface area contributed by atoms with E-state index in [1.807, 2.05) is 26.8 Å². The van der Waals surface area contributed by atoms with Crippen molar-refractivity contribution in [2.45, 2.75) is 45.6 Å². The highest BCUT2D eigenvalue weighted by Gasteiger charge is 2.21. The van der Waals surface area contributed by atoms with Gasteiger partial charge in [0.2, 0.25) is 0 Å². The van der Waals surface area contributed by atoms with Gasteiger partial charge in [-0.15, -0.1) is 0 Å². The first kappa shape index (κ1) is 14.5. The van der Waals surface area contributed by atoms with Crippen LogP contribution in [0.5, 0.6) is 5.75 Å². The second kappa shape index (κ2) is 4.98. The molecule has 0 heterocycles. The minimum atomic E-state index is -1.02. The lowest BCUT2D eigenvalue weighted by atomic mass is 9.83. The molecule has 0 aliphatic rings. The first-order valence-electron chi connectivity index (χ1n) is 5.94. The fourth-order valence-electron chi connectivity index (χ4n) is 1.89. The number of benzene rings is 1. The van der Waals surface area contributed by atoms with Gasteiger partial charge in [0.15, 0.2) is 0 Å². The summed E-state index contributed by atoms with van der Waals surface area (Å²) in [6.07, 6.45) is 0.263. The molecule has 0 amide bonds. The minimum absolute atomic E-state index is 0.196. The number of hydrogen-bond donors (Lipinski definition) is 3. The third kappa shape index (κ3) is 3.23. The van der Waals surface area contributed by atoms with Crippen molar-refractivity contribution in [2.24, 2.45) is 5.73 Å². The highest BCUT2D eigenvalue weighted by atomic mass is 16.4. The van der Waals surface area contributed by atoms with Gasteiger partial charge in [0, 0.05) is 0 Å². The predicted molar refractivity (Wildman–Crippen MR) is 70.9 cm³/mol. The minimum Gasteiger partial charge on any atom is -0.507 e. The first-order chi connectivity index (χ1) is 8.12. The number of phenols is 1. The summed E-state index contributed by atoms with van der Waals surface area (Å²) >= 11 is 0. The van der Waals surface area contributed by atoms with Gasteiger partial charge in [-0.25, -0.2) is 0 Å². The SMILES string of the molecule is Cc1cc(CC(N)C(=O)O)cc(C(C)(C)C)c1O. The van der Waals surface area contributed by atoms with Crippen LogP contribution in [0.4, 0.5) is 0 Å². The second-order valence-electron chi connectivity index (χ2n) is 5.71. The number of carbonyl (C=O) groups is 1. The molecule has 1 atom stereocenters. The molecular formula is C14H21NO3. The Balaban J connectivity index is 3.17. The summed E-state index contributed by atoms with van der Waals surface area (Å²) in [7, 11) is 0. The van der Waals surface area contributed by atoms with E-state index in [0.29, 0.717) is 0 Å². The molecule has 0 saturated heterocycles. The predicted octanol–water partition coefficient (Wildman–Crippen LogP) is 1.95. The van der Waals surface area contributed by atoms with E-state index in [1.165, 1.54) is 0 Å². The quantitative estimate of drug-likeness (QED) is 0.766. The number of hydrogen-bond acceptors (Lipinski definition) is 3. The lowest BCUT2D eigenvalue weighted by Gasteiger charge is -2.23. The largest absolute Gasteiger partial charge is 0.507 e. The molecular weight excluding hydrogens is 230 g/mol. The van der Waals surface area contributed by atoms with E-state index < -0.39 is 12.0 Å². The smallest absolute Gasteiger partial charge is 0.320 e. The Hall–Kier alpha value is -1.55. The summed E-state index contributed by atoms with van der Waals surface area (Å²) in [5.41, 5.74) is 7.74. The highest BCUT2D eigenvalue weighted by molar-refractivity contribution is 5.73. The van der Waals surface area contributed by atoms with E-state index in [4.69, 9.17) is 10.8 Å². The van der Waals surface area contributed by atoms with E-state index >= 15 is 0 Å². The molecule has 0 saturated carbocycles. The molecule has 1 unspecified atom stereocenters. The van der Waals surface area contributed by atoms with E-state index in [0.717, 1.165) is 16.7 Å². The van der Waals surface area contributed by atoms with Crippen LogP contribution >= 0.6 is 0 Å². The van der Waals surface area contributed by atoms with Crippen LogP contribution in [0.3, 0.4) is 0 Å². The molecule has 4 N–H and O–H groups in total. The third-order valence-electron chi connectivity index (χ3n) is 2.94. The van der Waals surface area contributed by atoms with Gasteiger partial charge in [0.25, 0.3) is 0 Å². The van der Waals surface area contributed by atoms with Crippen molar-refractivity contribution in [3.05, 3.63) is 28.8 Å². The van der Waals surface area contributed by atoms with Gasteiger partial charge in [-0.1, -0.05) is 32.9 Å². The van der Waals surface area contributed by atoms with Crippen molar-refractivity contribution in [3.8, 4) is 5.75 Å². The zero-order valence-electron chi connectivity index (χ0n) is 11.3. The summed E-state index contributed by atoms with van der Waals surface area (Å²) in [5, 5.41) is 18.9. The molecule has 1 aromatic carbocycles. The monoisotopic (exact) mass is 251 g/mol. The van der Waals surface area contributed by atoms with E-state index in [2.05, 4.69) is 0 Å². The Kier molecular flexibility index (Phi) is 4.02. The Morgan fingerprint density at radius 3 is 2.39 bits per heavy atom. The summed E-state index contributed by atoms with van der Waals surface area (Å²) in [6, 6.07) is 2.71. The van der Waals surface area contributed by atoms with Gasteiger partial charge < -0.3 is 15.9 Å². The third-order valence-corrected chi connectivity index (χ3v) is 2.94. The van der Waals surface area contributed by atoms with Crippen LogP contribution in [0.1, 0.15) is 37.5 Å². The van der Waals surface area contributed by atoms with Gasteiger partial charge in [0.1, 0.15) is 11.8 Å². The number of carboxylic acids is 1. The van der Waals surface area contributed by atoms with Crippen LogP contribution in [-0.2, 0) is 16.6 Å². The number of aryl methyl sites for hydroxylation is 1. The van der Waals surface area contributed by atoms with Crippen molar-refractivity contribution < 1.29 is 15.0 Å². The highest BCUT2D eigenvalue weighted by Crippen LogP contribution is 2.34. The Morgan fingerprint density at radius 2 is 1.94 bits per heavy atom. The number of carboxylic acid groups (broad SMARTS) is 1. The fraction of sp³-hybridized carbons (Fsp3) is 0.500. The number of aromatic hydroxyl groups is 1. The fourth-order valence-corrected chi connectivity index (χ4v) is 1.89. The van der Waals surface area contributed by atoms with Crippen LogP contribution in [0.15, 0.2) is 12.1 Å². The Bertz CT molecular complexity index is 461. The lowest BCUT2D eigenvalue weighted by molar-refractivity contribution is -0.138. The summed E-state index contributed by atoms with van der Waals surface area (Å²) in [4.78, 5) is 10.8. The van der Waals surface area contributed by atoms with Crippen molar-refractivity contribution in [1.29, 1.82) is 0 Å². The second-order valence-corrected chi connectivity index (χ2v) is 5.71. The standard InChI is InChI=1S/C14H21NO3/c1-8-5-9(7-11(15)13(17)18)6-10(12(8)16)14(2,3)4/h5-6,11,16H,7,15H2,1-4H3,(H,17,18). The summed E-state index contributed by atoms with van der Waals surface area (Å²) in [6.45, 7) is 7.81. The molecule has 4 heteroatoms. The van der Waals surface area contributed by atoms with Gasteiger partial charge in [0.05, 0.1) is 0 Å². The molecule has 1 rings (SSSR count). The molecule has 18 heavy (non-hydrogen) atoms. The van der Waals surface area contributed by atoms with Gasteiger partial charge >= 0.3 is 5.97 Å². The van der Waals surface area contributed by atoms with Gasteiger partial charge in [-0.3, -0.25) is 4.79 Å². The van der Waals surface area contributed by atoms with Crippen LogP contribution in [0.2, 0.25) is 0 Å². The summed E-state index contributed by atoms with van der Waals surface area (Å²) in [5.74, 6) is -0.742. The maximum atomic E-state index is 10.8. The first-order valence-corrected chi connectivity index (χ1v) is 5.94. The number of phenolic OH excluding ortho intramolecular Hbond substituents is 1. The molecule has 0 spiro atoms. The Labute approximate surface area is 107 Å². The topological polar surface area (TPSA) is 83.6 Å². The number of aliphatic carboxylic acids is 1. The molecule has 1 aromatic rings. The number of rotatable bonds is 3. The molecule has 0 aliphatic carbocycles. The average molecular weight is 251 g/mol. The van der Waals surface area contributed by atoms with Crippen LogP contribution in [0.25, 0.3) is 0 Å². The molecule has 100 valence electrons. The van der Waals surface area contributed by atoms with Crippen LogP contribution in [-0.4, -0.2) is 22.2 Å². The molecule has 0 fully saturated rings. The van der Waals surface area contributed by atoms with Gasteiger partial charge in [-0.05, 0) is 35.4 Å². The molecule has 0 bridgehead atoms. The van der Waals surface area contributed by atoms with Crippen molar-refractivity contribution in [3.63, 3.8) is 0 Å². The van der Waals surface area contributed by atoms with E-state index in [1.54, 1.807) is 13.0 Å².